The number of ether oxygens (including phenoxy) is 1. The summed E-state index contributed by atoms with van der Waals surface area (Å²) in [6, 6.07) is 30.5. The number of esters is 1. The number of halogens is 1. The number of thioether (sulfide) groups is 1. The first-order chi connectivity index (χ1) is 25.8. The van der Waals surface area contributed by atoms with E-state index in [9.17, 15) is 23.6 Å². The molecule has 1 aliphatic carbocycles. The maximum atomic E-state index is 14.2. The standard InChI is InChI=1S/C42H38FN3O5S2/c1-51-42(50)36-33-19-10-2-3-11-20-35(33)53-41(36)46-40(49)37(28-13-6-4-7-14-28)52-32-18-12-17-31(26-32)44-39(48)34(25-27-21-23-30(43)24-22-27)45-38(47)29-15-8-5-9-16-29/h4-9,12-18,21-26,37H,2-3,10-11,19-20H2,1H3,(H,44,48)(H,45,47)(H,46,49)/b34-25+. The van der Waals surface area contributed by atoms with Crippen molar-refractivity contribution in [2.24, 2.45) is 0 Å². The van der Waals surface area contributed by atoms with Crippen molar-refractivity contribution in [3.8, 4) is 0 Å². The lowest BCUT2D eigenvalue weighted by atomic mass is 9.96. The van der Waals surface area contributed by atoms with E-state index in [1.165, 1.54) is 60.5 Å². The molecular formula is C42H38FN3O5S2. The highest BCUT2D eigenvalue weighted by Gasteiger charge is 2.29. The molecule has 3 amide bonds. The van der Waals surface area contributed by atoms with Gasteiger partial charge in [0.2, 0.25) is 5.91 Å². The molecule has 8 nitrogen and oxygen atoms in total. The minimum absolute atomic E-state index is 0.0449. The first kappa shape index (κ1) is 37.2. The van der Waals surface area contributed by atoms with Crippen LogP contribution < -0.4 is 16.0 Å². The molecule has 0 radical (unpaired) electrons. The number of benzene rings is 4. The summed E-state index contributed by atoms with van der Waals surface area (Å²) in [5.74, 6) is -2.27. The molecule has 4 aromatic carbocycles. The molecule has 1 aliphatic rings. The Balaban J connectivity index is 1.25. The van der Waals surface area contributed by atoms with Gasteiger partial charge in [-0.2, -0.15) is 0 Å². The first-order valence-electron chi connectivity index (χ1n) is 17.3. The summed E-state index contributed by atoms with van der Waals surface area (Å²) in [7, 11) is 1.36. The van der Waals surface area contributed by atoms with Gasteiger partial charge in [-0.25, -0.2) is 9.18 Å². The minimum atomic E-state index is -0.712. The smallest absolute Gasteiger partial charge is 0.341 e. The van der Waals surface area contributed by atoms with E-state index in [-0.39, 0.29) is 11.6 Å². The van der Waals surface area contributed by atoms with E-state index < -0.39 is 28.9 Å². The molecular weight excluding hydrogens is 710 g/mol. The zero-order valence-corrected chi connectivity index (χ0v) is 30.7. The van der Waals surface area contributed by atoms with Crippen molar-refractivity contribution in [1.82, 2.24) is 5.32 Å². The molecule has 0 spiro atoms. The SMILES string of the molecule is COC(=O)c1c(NC(=O)C(Sc2cccc(NC(=O)/C(=C\c3ccc(F)cc3)NC(=O)c3ccccc3)c2)c2ccccc2)sc2c1CCCCCC2. The monoisotopic (exact) mass is 747 g/mol. The maximum absolute atomic E-state index is 14.2. The molecule has 3 N–H and O–H groups in total. The first-order valence-corrected chi connectivity index (χ1v) is 19.0. The van der Waals surface area contributed by atoms with E-state index in [0.29, 0.717) is 32.3 Å². The van der Waals surface area contributed by atoms with Crippen molar-refractivity contribution >= 4 is 63.6 Å². The highest BCUT2D eigenvalue weighted by Crippen LogP contribution is 2.41. The van der Waals surface area contributed by atoms with Gasteiger partial charge in [-0.05, 0) is 90.9 Å². The average Bonchev–Trinajstić information content (AvgIpc) is 3.49. The average molecular weight is 748 g/mol. The molecule has 1 aromatic heterocycles. The minimum Gasteiger partial charge on any atom is -0.465 e. The number of carbonyl (C=O) groups is 4. The largest absolute Gasteiger partial charge is 0.465 e. The van der Waals surface area contributed by atoms with Crippen LogP contribution in [0, 0.1) is 5.82 Å². The second kappa shape index (κ2) is 17.8. The number of hydrogen-bond donors (Lipinski definition) is 3. The van der Waals surface area contributed by atoms with Crippen LogP contribution in [0.25, 0.3) is 6.08 Å². The molecule has 0 aliphatic heterocycles. The number of fused-ring (bicyclic) bond motifs is 1. The van der Waals surface area contributed by atoms with Gasteiger partial charge in [0.1, 0.15) is 21.8 Å². The molecule has 5 aromatic rings. The predicted octanol–water partition coefficient (Wildman–Crippen LogP) is 9.21. The van der Waals surface area contributed by atoms with Gasteiger partial charge in [0, 0.05) is 21.0 Å². The Morgan fingerprint density at radius 1 is 0.811 bits per heavy atom. The van der Waals surface area contributed by atoms with Gasteiger partial charge < -0.3 is 20.7 Å². The third-order valence-corrected chi connectivity index (χ3v) is 11.1. The van der Waals surface area contributed by atoms with Crippen LogP contribution in [0.4, 0.5) is 15.1 Å². The summed E-state index contributed by atoms with van der Waals surface area (Å²) in [6.07, 6.45) is 7.31. The normalized spacial score (nSPS) is 13.4. The van der Waals surface area contributed by atoms with E-state index in [2.05, 4.69) is 16.0 Å². The number of aryl methyl sites for hydroxylation is 1. The fraction of sp³-hybridized carbons (Fsp3) is 0.190. The summed E-state index contributed by atoms with van der Waals surface area (Å²) in [4.78, 5) is 55.8. The van der Waals surface area contributed by atoms with Gasteiger partial charge >= 0.3 is 5.97 Å². The Kier molecular flexibility index (Phi) is 12.5. The topological polar surface area (TPSA) is 114 Å². The zero-order chi connectivity index (χ0) is 37.2. The molecule has 1 heterocycles. The summed E-state index contributed by atoms with van der Waals surface area (Å²) in [5, 5.41) is 8.41. The van der Waals surface area contributed by atoms with E-state index in [0.717, 1.165) is 54.5 Å². The van der Waals surface area contributed by atoms with Gasteiger partial charge in [0.25, 0.3) is 11.8 Å². The highest BCUT2D eigenvalue weighted by atomic mass is 32.2. The van der Waals surface area contributed by atoms with Gasteiger partial charge in [-0.3, -0.25) is 14.4 Å². The lowest BCUT2D eigenvalue weighted by Crippen LogP contribution is -2.30. The van der Waals surface area contributed by atoms with Crippen LogP contribution in [0.15, 0.2) is 120 Å². The molecule has 1 atom stereocenters. The Labute approximate surface area is 315 Å². The Hall–Kier alpha value is -5.52. The number of anilines is 2. The molecule has 0 saturated carbocycles. The Bertz CT molecular complexity index is 2120. The number of thiophene rings is 1. The van der Waals surface area contributed by atoms with Crippen LogP contribution in [0.5, 0.6) is 0 Å². The molecule has 0 saturated heterocycles. The number of rotatable bonds is 11. The second-order valence-corrected chi connectivity index (χ2v) is 14.7. The summed E-state index contributed by atoms with van der Waals surface area (Å²) in [5.41, 5.74) is 3.42. The molecule has 0 bridgehead atoms. The van der Waals surface area contributed by atoms with Crippen molar-refractivity contribution < 1.29 is 28.3 Å². The van der Waals surface area contributed by atoms with Gasteiger partial charge in [0.15, 0.2) is 0 Å². The highest BCUT2D eigenvalue weighted by molar-refractivity contribution is 8.00. The lowest BCUT2D eigenvalue weighted by Gasteiger charge is -2.18. The van der Waals surface area contributed by atoms with E-state index in [1.807, 2.05) is 36.4 Å². The summed E-state index contributed by atoms with van der Waals surface area (Å²) < 4.78 is 18.8. The number of nitrogens with one attached hydrogen (secondary N) is 3. The van der Waals surface area contributed by atoms with Crippen LogP contribution in [-0.2, 0) is 27.2 Å². The van der Waals surface area contributed by atoms with Gasteiger partial charge in [-0.1, -0.05) is 79.6 Å². The van der Waals surface area contributed by atoms with Crippen molar-refractivity contribution in [2.45, 2.75) is 48.7 Å². The van der Waals surface area contributed by atoms with Crippen LogP contribution >= 0.6 is 23.1 Å². The van der Waals surface area contributed by atoms with Gasteiger partial charge in [0.05, 0.1) is 12.7 Å². The predicted molar refractivity (Wildman–Crippen MR) is 209 cm³/mol. The quantitative estimate of drug-likeness (QED) is 0.0706. The van der Waals surface area contributed by atoms with Crippen LogP contribution in [-0.4, -0.2) is 30.8 Å². The molecule has 11 heteroatoms. The second-order valence-electron chi connectivity index (χ2n) is 12.4. The van der Waals surface area contributed by atoms with Crippen molar-refractivity contribution in [1.29, 1.82) is 0 Å². The van der Waals surface area contributed by atoms with Crippen molar-refractivity contribution in [3.05, 3.63) is 153 Å². The number of amides is 3. The molecule has 0 fully saturated rings. The molecule has 6 rings (SSSR count). The number of carbonyl (C=O) groups excluding carboxylic acids is 4. The number of methoxy groups -OCH3 is 1. The summed E-state index contributed by atoms with van der Waals surface area (Å²) in [6.45, 7) is 0. The zero-order valence-electron chi connectivity index (χ0n) is 29.0. The van der Waals surface area contributed by atoms with E-state index in [1.54, 1.807) is 48.5 Å². The third kappa shape index (κ3) is 9.68. The summed E-state index contributed by atoms with van der Waals surface area (Å²) >= 11 is 2.75. The molecule has 270 valence electrons. The molecule has 53 heavy (non-hydrogen) atoms. The van der Waals surface area contributed by atoms with E-state index >= 15 is 0 Å². The third-order valence-electron chi connectivity index (χ3n) is 8.69. The fourth-order valence-electron chi connectivity index (χ4n) is 6.05. The Morgan fingerprint density at radius 2 is 1.51 bits per heavy atom. The van der Waals surface area contributed by atoms with Crippen molar-refractivity contribution in [3.63, 3.8) is 0 Å². The fourth-order valence-corrected chi connectivity index (χ4v) is 8.42. The number of hydrogen-bond acceptors (Lipinski definition) is 7. The lowest BCUT2D eigenvalue weighted by molar-refractivity contribution is -0.116. The van der Waals surface area contributed by atoms with Crippen molar-refractivity contribution in [2.75, 3.05) is 17.7 Å². The maximum Gasteiger partial charge on any atom is 0.341 e. The van der Waals surface area contributed by atoms with Gasteiger partial charge in [-0.15, -0.1) is 23.1 Å². The van der Waals surface area contributed by atoms with Crippen LogP contribution in [0.2, 0.25) is 0 Å². The van der Waals surface area contributed by atoms with E-state index in [4.69, 9.17) is 4.74 Å². The molecule has 1 unspecified atom stereocenters. The Morgan fingerprint density at radius 3 is 2.23 bits per heavy atom. The van der Waals surface area contributed by atoms with Crippen LogP contribution in [0.3, 0.4) is 0 Å². The van der Waals surface area contributed by atoms with Crippen LogP contribution in [0.1, 0.15) is 73.2 Å².